The van der Waals surface area contributed by atoms with Crippen molar-refractivity contribution in [3.05, 3.63) is 34.9 Å². The topological polar surface area (TPSA) is 93.7 Å². The highest BCUT2D eigenvalue weighted by Gasteiger charge is 2.51. The minimum absolute atomic E-state index is 0.102. The van der Waals surface area contributed by atoms with Gasteiger partial charge in [-0.3, -0.25) is 15.0 Å². The number of hydrogen-bond acceptors (Lipinski definition) is 5. The molecule has 3 atom stereocenters. The largest absolute Gasteiger partial charge is 0.481 e. The van der Waals surface area contributed by atoms with Crippen molar-refractivity contribution in [2.24, 2.45) is 11.8 Å². The number of carbonyl (C=O) groups excluding carboxylic acids is 1. The van der Waals surface area contributed by atoms with E-state index in [1.54, 1.807) is 0 Å². The van der Waals surface area contributed by atoms with Gasteiger partial charge in [0.25, 0.3) is 0 Å². The fraction of sp³-hybridized carbons (Fsp3) is 0.579. The Bertz CT molecular complexity index is 718. The molecule has 0 saturated carbocycles. The molecule has 1 amide bonds. The predicted molar refractivity (Wildman–Crippen MR) is 101 cm³/mol. The summed E-state index contributed by atoms with van der Waals surface area (Å²) in [6, 6.07) is 8.14. The molecule has 1 spiro atoms. The predicted octanol–water partition coefficient (Wildman–Crippen LogP) is 1.16. The van der Waals surface area contributed by atoms with Crippen LogP contribution in [-0.4, -0.2) is 53.6 Å². The summed E-state index contributed by atoms with van der Waals surface area (Å²) in [5, 5.41) is 13.2. The maximum atomic E-state index is 11.8. The molecule has 27 heavy (non-hydrogen) atoms. The van der Waals surface area contributed by atoms with Gasteiger partial charge in [0.1, 0.15) is 0 Å². The Kier molecular flexibility index (Phi) is 5.11. The second-order valence-electron chi connectivity index (χ2n) is 7.91. The second-order valence-corrected chi connectivity index (χ2v) is 8.35. The van der Waals surface area contributed by atoms with E-state index < -0.39 is 17.4 Å². The first kappa shape index (κ1) is 18.7. The van der Waals surface area contributed by atoms with Crippen molar-refractivity contribution in [1.82, 2.24) is 21.1 Å². The van der Waals surface area contributed by atoms with Crippen molar-refractivity contribution < 1.29 is 14.7 Å². The van der Waals surface area contributed by atoms with Crippen molar-refractivity contribution in [3.63, 3.8) is 0 Å². The van der Waals surface area contributed by atoms with Gasteiger partial charge < -0.3 is 15.3 Å². The fourth-order valence-electron chi connectivity index (χ4n) is 4.79. The number of nitrogens with one attached hydrogen (secondary N) is 3. The van der Waals surface area contributed by atoms with Crippen molar-refractivity contribution in [2.75, 3.05) is 26.2 Å². The monoisotopic (exact) mass is 392 g/mol. The number of benzene rings is 1. The molecule has 3 saturated heterocycles. The van der Waals surface area contributed by atoms with Crippen LogP contribution in [-0.2, 0) is 9.59 Å². The van der Waals surface area contributed by atoms with Crippen LogP contribution in [0.5, 0.6) is 0 Å². The number of amides is 1. The molecule has 1 aromatic carbocycles. The first-order valence-corrected chi connectivity index (χ1v) is 9.85. The molecule has 3 aliphatic rings. The number of likely N-dealkylation sites (tertiary alicyclic amines) is 1. The molecule has 4 rings (SSSR count). The van der Waals surface area contributed by atoms with Gasteiger partial charge >= 0.3 is 5.97 Å². The van der Waals surface area contributed by atoms with Crippen LogP contribution in [0.25, 0.3) is 0 Å². The zero-order chi connectivity index (χ0) is 19.0. The number of piperidine rings is 1. The lowest BCUT2D eigenvalue weighted by atomic mass is 9.77. The van der Waals surface area contributed by atoms with Crippen LogP contribution in [0.2, 0.25) is 5.02 Å². The molecule has 3 aliphatic heterocycles. The van der Waals surface area contributed by atoms with Crippen molar-refractivity contribution in [2.45, 2.75) is 30.8 Å². The molecule has 146 valence electrons. The molecule has 4 N–H and O–H groups in total. The van der Waals surface area contributed by atoms with Gasteiger partial charge in [-0.25, -0.2) is 5.43 Å². The first-order chi connectivity index (χ1) is 13.0. The van der Waals surface area contributed by atoms with Crippen LogP contribution in [0, 0.1) is 11.8 Å². The summed E-state index contributed by atoms with van der Waals surface area (Å²) >= 11 is 6.00. The van der Waals surface area contributed by atoms with Gasteiger partial charge in [0.05, 0.1) is 17.5 Å². The molecule has 3 heterocycles. The Labute approximate surface area is 163 Å². The van der Waals surface area contributed by atoms with E-state index in [9.17, 15) is 14.7 Å². The van der Waals surface area contributed by atoms with Gasteiger partial charge in [-0.15, -0.1) is 0 Å². The summed E-state index contributed by atoms with van der Waals surface area (Å²) in [7, 11) is 0. The summed E-state index contributed by atoms with van der Waals surface area (Å²) in [5.74, 6) is -1.20. The summed E-state index contributed by atoms with van der Waals surface area (Å²) in [6.45, 7) is 3.40. The summed E-state index contributed by atoms with van der Waals surface area (Å²) in [4.78, 5) is 25.8. The minimum atomic E-state index is -0.867. The van der Waals surface area contributed by atoms with E-state index in [0.29, 0.717) is 18.8 Å². The number of carboxylic acids is 1. The lowest BCUT2D eigenvalue weighted by Crippen LogP contribution is -2.56. The smallest absolute Gasteiger partial charge is 0.309 e. The van der Waals surface area contributed by atoms with Crippen LogP contribution in [0.15, 0.2) is 24.3 Å². The van der Waals surface area contributed by atoms with E-state index in [-0.39, 0.29) is 18.4 Å². The van der Waals surface area contributed by atoms with E-state index in [4.69, 9.17) is 11.6 Å². The van der Waals surface area contributed by atoms with Gasteiger partial charge in [0.2, 0.25) is 5.91 Å². The first-order valence-electron chi connectivity index (χ1n) is 9.47. The third-order valence-corrected chi connectivity index (χ3v) is 6.56. The van der Waals surface area contributed by atoms with Crippen LogP contribution in [0.4, 0.5) is 0 Å². The number of nitrogens with zero attached hydrogens (tertiary/aromatic N) is 1. The van der Waals surface area contributed by atoms with E-state index in [2.05, 4.69) is 33.2 Å². The second kappa shape index (κ2) is 7.39. The summed E-state index contributed by atoms with van der Waals surface area (Å²) < 4.78 is 0. The average Bonchev–Trinajstić information content (AvgIpc) is 3.22. The molecule has 3 fully saturated rings. The van der Waals surface area contributed by atoms with Gasteiger partial charge in [-0.05, 0) is 30.5 Å². The highest BCUT2D eigenvalue weighted by Crippen LogP contribution is 2.37. The number of aliphatic carboxylic acids is 1. The van der Waals surface area contributed by atoms with Crippen molar-refractivity contribution in [3.8, 4) is 0 Å². The van der Waals surface area contributed by atoms with E-state index in [1.165, 1.54) is 5.56 Å². The number of hydrazine groups is 1. The quantitative estimate of drug-likeness (QED) is 0.614. The molecule has 3 unspecified atom stereocenters. The Balaban J connectivity index is 1.38. The van der Waals surface area contributed by atoms with Gasteiger partial charge in [-0.2, -0.15) is 0 Å². The molecule has 7 nitrogen and oxygen atoms in total. The zero-order valence-electron chi connectivity index (χ0n) is 15.1. The van der Waals surface area contributed by atoms with Crippen LogP contribution >= 0.6 is 11.6 Å². The Morgan fingerprint density at radius 2 is 1.96 bits per heavy atom. The standard InChI is InChI=1S/C19H25ClN4O3/c20-14-3-1-12(2-4-14)17-13(10-21-23-17)11-24-7-5-19(6-8-24)15(18(26)27)9-16(25)22-19/h1-4,13,15,17,21,23H,5-11H2,(H,22,25)(H,26,27). The molecule has 8 heteroatoms. The van der Waals surface area contributed by atoms with E-state index in [1.807, 2.05) is 12.1 Å². The molecule has 0 aliphatic carbocycles. The lowest BCUT2D eigenvalue weighted by molar-refractivity contribution is -0.144. The number of rotatable bonds is 4. The summed E-state index contributed by atoms with van der Waals surface area (Å²) in [5.41, 5.74) is 7.25. The molecule has 0 aromatic heterocycles. The average molecular weight is 393 g/mol. The van der Waals surface area contributed by atoms with Gasteiger partial charge in [-0.1, -0.05) is 23.7 Å². The normalized spacial score (nSPS) is 30.6. The Morgan fingerprint density at radius 3 is 2.63 bits per heavy atom. The van der Waals surface area contributed by atoms with Gasteiger partial charge in [0.15, 0.2) is 0 Å². The maximum Gasteiger partial charge on any atom is 0.309 e. The van der Waals surface area contributed by atoms with E-state index in [0.717, 1.165) is 31.2 Å². The SMILES string of the molecule is O=C1CC(C(=O)O)C2(CCN(CC3CNNC3c3ccc(Cl)cc3)CC2)N1. The van der Waals surface area contributed by atoms with Gasteiger partial charge in [0, 0.05) is 43.5 Å². The molecular formula is C19H25ClN4O3. The maximum absolute atomic E-state index is 11.8. The van der Waals surface area contributed by atoms with Crippen LogP contribution in [0.3, 0.4) is 0 Å². The van der Waals surface area contributed by atoms with E-state index >= 15 is 0 Å². The van der Waals surface area contributed by atoms with Crippen molar-refractivity contribution in [1.29, 1.82) is 0 Å². The number of carboxylic acid groups (broad SMARTS) is 1. The number of halogens is 1. The fourth-order valence-corrected chi connectivity index (χ4v) is 4.92. The Hall–Kier alpha value is -1.67. The molecule has 0 radical (unpaired) electrons. The highest BCUT2D eigenvalue weighted by molar-refractivity contribution is 6.30. The number of carbonyl (C=O) groups is 2. The summed E-state index contributed by atoms with van der Waals surface area (Å²) in [6.07, 6.45) is 1.48. The highest BCUT2D eigenvalue weighted by atomic mass is 35.5. The zero-order valence-corrected chi connectivity index (χ0v) is 15.8. The lowest BCUT2D eigenvalue weighted by Gasteiger charge is -2.42. The van der Waals surface area contributed by atoms with Crippen LogP contribution < -0.4 is 16.2 Å². The Morgan fingerprint density at radius 1 is 1.26 bits per heavy atom. The third kappa shape index (κ3) is 3.69. The molecular weight excluding hydrogens is 368 g/mol. The molecule has 0 bridgehead atoms. The molecule has 1 aromatic rings. The number of hydrogen-bond donors (Lipinski definition) is 4. The minimum Gasteiger partial charge on any atom is -0.481 e. The van der Waals surface area contributed by atoms with Crippen molar-refractivity contribution >= 4 is 23.5 Å². The van der Waals surface area contributed by atoms with Crippen LogP contribution in [0.1, 0.15) is 30.9 Å². The third-order valence-electron chi connectivity index (χ3n) is 6.31.